The zero-order valence-electron chi connectivity index (χ0n) is 8.07. The first-order valence-electron chi connectivity index (χ1n) is 4.59. The molecule has 0 radical (unpaired) electrons. The molecule has 2 heteroatoms. The average molecular weight is 184 g/mol. The molecule has 0 bridgehead atoms. The second-order valence-corrected chi connectivity index (χ2v) is 3.04. The van der Waals surface area contributed by atoms with Gasteiger partial charge in [0.05, 0.1) is 5.69 Å². The fraction of sp³-hybridized carbons (Fsp3) is 0.0833. The Morgan fingerprint density at radius 1 is 1.00 bits per heavy atom. The number of nitrogens with one attached hydrogen (secondary N) is 1. The summed E-state index contributed by atoms with van der Waals surface area (Å²) >= 11 is 0. The minimum atomic E-state index is 1.01. The van der Waals surface area contributed by atoms with Crippen LogP contribution < -0.4 is 5.32 Å². The normalized spacial score (nSPS) is 9.79. The van der Waals surface area contributed by atoms with E-state index in [0.717, 1.165) is 16.9 Å². The lowest BCUT2D eigenvalue weighted by Crippen LogP contribution is -1.87. The average Bonchev–Trinajstić information content (AvgIpc) is 2.30. The first-order chi connectivity index (χ1) is 6.90. The van der Waals surface area contributed by atoms with Crippen LogP contribution in [0.1, 0.15) is 0 Å². The number of rotatable bonds is 2. The van der Waals surface area contributed by atoms with Crippen molar-refractivity contribution < 1.29 is 0 Å². The number of hydrogen-bond acceptors (Lipinski definition) is 2. The van der Waals surface area contributed by atoms with Crippen molar-refractivity contribution in [3.63, 3.8) is 0 Å². The van der Waals surface area contributed by atoms with E-state index < -0.39 is 0 Å². The van der Waals surface area contributed by atoms with Crippen LogP contribution in [0.2, 0.25) is 0 Å². The summed E-state index contributed by atoms with van der Waals surface area (Å²) in [5.74, 6) is 0. The van der Waals surface area contributed by atoms with Crippen molar-refractivity contribution in [1.29, 1.82) is 0 Å². The highest BCUT2D eigenvalue weighted by molar-refractivity contribution is 5.62. The Morgan fingerprint density at radius 2 is 1.79 bits per heavy atom. The molecule has 1 aromatic heterocycles. The minimum Gasteiger partial charge on any atom is -0.388 e. The Hall–Kier alpha value is -1.83. The van der Waals surface area contributed by atoms with Crippen LogP contribution in [-0.4, -0.2) is 12.0 Å². The largest absolute Gasteiger partial charge is 0.388 e. The van der Waals surface area contributed by atoms with Gasteiger partial charge in [-0.2, -0.15) is 0 Å². The molecule has 1 aromatic carbocycles. The van der Waals surface area contributed by atoms with Gasteiger partial charge in [-0.3, -0.25) is 4.98 Å². The van der Waals surface area contributed by atoms with Crippen molar-refractivity contribution in [2.24, 2.45) is 0 Å². The lowest BCUT2D eigenvalue weighted by Gasteiger charge is -2.02. The van der Waals surface area contributed by atoms with Crippen LogP contribution in [-0.2, 0) is 0 Å². The van der Waals surface area contributed by atoms with E-state index >= 15 is 0 Å². The Labute approximate surface area is 83.6 Å². The second-order valence-electron chi connectivity index (χ2n) is 3.04. The molecular formula is C12H12N2. The second kappa shape index (κ2) is 3.92. The first kappa shape index (κ1) is 8.75. The summed E-state index contributed by atoms with van der Waals surface area (Å²) in [5.41, 5.74) is 3.27. The summed E-state index contributed by atoms with van der Waals surface area (Å²) in [6.07, 6.45) is 1.81. The molecule has 0 saturated heterocycles. The van der Waals surface area contributed by atoms with Crippen LogP contribution in [0.25, 0.3) is 11.3 Å². The number of pyridine rings is 1. The fourth-order valence-electron chi connectivity index (χ4n) is 1.34. The summed E-state index contributed by atoms with van der Waals surface area (Å²) in [4.78, 5) is 4.28. The maximum Gasteiger partial charge on any atom is 0.0701 e. The molecule has 0 aliphatic rings. The molecule has 0 atom stereocenters. The van der Waals surface area contributed by atoms with Crippen molar-refractivity contribution in [2.75, 3.05) is 12.4 Å². The monoisotopic (exact) mass is 184 g/mol. The van der Waals surface area contributed by atoms with Crippen LogP contribution >= 0.6 is 0 Å². The summed E-state index contributed by atoms with van der Waals surface area (Å²) in [5, 5.41) is 3.09. The molecule has 1 N–H and O–H groups in total. The summed E-state index contributed by atoms with van der Waals surface area (Å²) in [6, 6.07) is 14.1. The van der Waals surface area contributed by atoms with Gasteiger partial charge in [0.2, 0.25) is 0 Å². The quantitative estimate of drug-likeness (QED) is 0.776. The molecule has 0 amide bonds. The maximum absolute atomic E-state index is 4.28. The molecular weight excluding hydrogens is 172 g/mol. The number of nitrogens with zero attached hydrogens (tertiary/aromatic N) is 1. The van der Waals surface area contributed by atoms with Gasteiger partial charge in [0.15, 0.2) is 0 Å². The van der Waals surface area contributed by atoms with Crippen LogP contribution in [0.3, 0.4) is 0 Å². The lowest BCUT2D eigenvalue weighted by molar-refractivity contribution is 1.33. The van der Waals surface area contributed by atoms with Crippen molar-refractivity contribution in [3.8, 4) is 11.3 Å². The number of hydrogen-bond donors (Lipinski definition) is 1. The van der Waals surface area contributed by atoms with E-state index in [-0.39, 0.29) is 0 Å². The molecule has 70 valence electrons. The highest BCUT2D eigenvalue weighted by atomic mass is 14.8. The Balaban J connectivity index is 2.34. The summed E-state index contributed by atoms with van der Waals surface area (Å²) in [7, 11) is 1.91. The van der Waals surface area contributed by atoms with Gasteiger partial charge in [-0.15, -0.1) is 0 Å². The van der Waals surface area contributed by atoms with E-state index in [2.05, 4.69) is 22.4 Å². The predicted molar refractivity (Wildman–Crippen MR) is 59.2 cm³/mol. The third-order valence-electron chi connectivity index (χ3n) is 2.13. The predicted octanol–water partition coefficient (Wildman–Crippen LogP) is 2.79. The standard InChI is InChI=1S/C12H12N2/c1-13-11-7-5-10(6-8-11)12-4-2-3-9-14-12/h2-9,13H,1H3. The molecule has 0 spiro atoms. The van der Waals surface area contributed by atoms with Crippen LogP contribution in [0, 0.1) is 0 Å². The molecule has 0 aliphatic heterocycles. The summed E-state index contributed by atoms with van der Waals surface area (Å²) < 4.78 is 0. The summed E-state index contributed by atoms with van der Waals surface area (Å²) in [6.45, 7) is 0. The van der Waals surface area contributed by atoms with Gasteiger partial charge in [0.25, 0.3) is 0 Å². The van der Waals surface area contributed by atoms with Gasteiger partial charge in [-0.1, -0.05) is 18.2 Å². The first-order valence-corrected chi connectivity index (χ1v) is 4.59. The Kier molecular flexibility index (Phi) is 2.45. The third kappa shape index (κ3) is 1.74. The van der Waals surface area contributed by atoms with Gasteiger partial charge >= 0.3 is 0 Å². The Bertz CT molecular complexity index is 392. The zero-order valence-corrected chi connectivity index (χ0v) is 8.07. The molecule has 0 unspecified atom stereocenters. The van der Waals surface area contributed by atoms with E-state index in [1.165, 1.54) is 0 Å². The van der Waals surface area contributed by atoms with Gasteiger partial charge in [-0.05, 0) is 24.3 Å². The van der Waals surface area contributed by atoms with E-state index in [1.54, 1.807) is 6.20 Å². The van der Waals surface area contributed by atoms with Gasteiger partial charge in [0, 0.05) is 24.5 Å². The molecule has 2 aromatic rings. The molecule has 1 heterocycles. The number of anilines is 1. The van der Waals surface area contributed by atoms with E-state index in [1.807, 2.05) is 37.4 Å². The molecule has 14 heavy (non-hydrogen) atoms. The number of aromatic nitrogens is 1. The van der Waals surface area contributed by atoms with E-state index in [4.69, 9.17) is 0 Å². The van der Waals surface area contributed by atoms with Crippen LogP contribution in [0.5, 0.6) is 0 Å². The minimum absolute atomic E-state index is 1.01. The van der Waals surface area contributed by atoms with Crippen molar-refractivity contribution >= 4 is 5.69 Å². The van der Waals surface area contributed by atoms with Crippen LogP contribution in [0.15, 0.2) is 48.7 Å². The molecule has 0 saturated carbocycles. The highest BCUT2D eigenvalue weighted by Crippen LogP contribution is 2.18. The van der Waals surface area contributed by atoms with Crippen molar-refractivity contribution in [2.45, 2.75) is 0 Å². The zero-order chi connectivity index (χ0) is 9.80. The topological polar surface area (TPSA) is 24.9 Å². The fourth-order valence-corrected chi connectivity index (χ4v) is 1.34. The molecule has 2 rings (SSSR count). The smallest absolute Gasteiger partial charge is 0.0701 e. The maximum atomic E-state index is 4.28. The molecule has 2 nitrogen and oxygen atoms in total. The number of benzene rings is 1. The van der Waals surface area contributed by atoms with Gasteiger partial charge in [-0.25, -0.2) is 0 Å². The third-order valence-corrected chi connectivity index (χ3v) is 2.13. The van der Waals surface area contributed by atoms with E-state index in [0.29, 0.717) is 0 Å². The van der Waals surface area contributed by atoms with Gasteiger partial charge < -0.3 is 5.32 Å². The highest BCUT2D eigenvalue weighted by Gasteiger charge is 1.96. The van der Waals surface area contributed by atoms with Crippen LogP contribution in [0.4, 0.5) is 5.69 Å². The van der Waals surface area contributed by atoms with Crippen molar-refractivity contribution in [3.05, 3.63) is 48.7 Å². The SMILES string of the molecule is CNc1ccc(-c2ccccn2)cc1. The van der Waals surface area contributed by atoms with Crippen molar-refractivity contribution in [1.82, 2.24) is 4.98 Å². The van der Waals surface area contributed by atoms with Gasteiger partial charge in [0.1, 0.15) is 0 Å². The van der Waals surface area contributed by atoms with E-state index in [9.17, 15) is 0 Å². The Morgan fingerprint density at radius 3 is 2.36 bits per heavy atom. The lowest BCUT2D eigenvalue weighted by atomic mass is 10.1. The molecule has 0 fully saturated rings. The molecule has 0 aliphatic carbocycles.